The van der Waals surface area contributed by atoms with Crippen molar-refractivity contribution in [1.82, 2.24) is 0 Å². The molecule has 2 amide bonds. The maximum Gasteiger partial charge on any atom is 0.262 e. The summed E-state index contributed by atoms with van der Waals surface area (Å²) in [6, 6.07) is 11.7. The van der Waals surface area contributed by atoms with Crippen LogP contribution in [0.4, 0.5) is 11.4 Å². The van der Waals surface area contributed by atoms with E-state index in [0.29, 0.717) is 12.5 Å². The Balaban J connectivity index is 1.62. The van der Waals surface area contributed by atoms with E-state index in [1.54, 1.807) is 11.8 Å². The van der Waals surface area contributed by atoms with Crippen LogP contribution in [0.5, 0.6) is 5.75 Å². The van der Waals surface area contributed by atoms with Gasteiger partial charge in [-0.3, -0.25) is 9.59 Å². The van der Waals surface area contributed by atoms with Crippen LogP contribution in [0.15, 0.2) is 36.4 Å². The molecular formula is C22H26N2O3. The van der Waals surface area contributed by atoms with Gasteiger partial charge in [0.15, 0.2) is 6.61 Å². The third kappa shape index (κ3) is 4.30. The van der Waals surface area contributed by atoms with Crippen molar-refractivity contribution in [2.45, 2.75) is 40.0 Å². The van der Waals surface area contributed by atoms with Gasteiger partial charge >= 0.3 is 0 Å². The van der Waals surface area contributed by atoms with Crippen LogP contribution in [-0.2, 0) is 16.0 Å². The van der Waals surface area contributed by atoms with Crippen molar-refractivity contribution in [2.24, 2.45) is 0 Å². The molecule has 3 rings (SSSR count). The van der Waals surface area contributed by atoms with Crippen molar-refractivity contribution >= 4 is 23.2 Å². The smallest absolute Gasteiger partial charge is 0.262 e. The predicted octanol–water partition coefficient (Wildman–Crippen LogP) is 4.04. The van der Waals surface area contributed by atoms with E-state index in [1.165, 1.54) is 5.56 Å². The molecule has 1 heterocycles. The summed E-state index contributed by atoms with van der Waals surface area (Å²) in [5, 5.41) is 2.88. The fourth-order valence-electron chi connectivity index (χ4n) is 3.28. The Hall–Kier alpha value is -2.82. The summed E-state index contributed by atoms with van der Waals surface area (Å²) in [5.41, 5.74) is 4.92. The van der Waals surface area contributed by atoms with E-state index in [0.717, 1.165) is 34.7 Å². The molecule has 1 aliphatic rings. The highest BCUT2D eigenvalue weighted by molar-refractivity contribution is 5.96. The van der Waals surface area contributed by atoms with Crippen molar-refractivity contribution in [3.05, 3.63) is 53.1 Å². The molecule has 2 aromatic carbocycles. The van der Waals surface area contributed by atoms with Crippen molar-refractivity contribution in [2.75, 3.05) is 23.4 Å². The minimum Gasteiger partial charge on any atom is -0.483 e. The maximum absolute atomic E-state index is 12.3. The van der Waals surface area contributed by atoms with Gasteiger partial charge in [-0.1, -0.05) is 26.0 Å². The Morgan fingerprint density at radius 3 is 2.67 bits per heavy atom. The van der Waals surface area contributed by atoms with Gasteiger partial charge in [-0.05, 0) is 60.2 Å². The number of hydrogen-bond acceptors (Lipinski definition) is 3. The van der Waals surface area contributed by atoms with E-state index in [4.69, 9.17) is 4.74 Å². The molecule has 0 unspecified atom stereocenters. The molecule has 0 saturated heterocycles. The van der Waals surface area contributed by atoms with Crippen LogP contribution in [0.1, 0.15) is 43.4 Å². The van der Waals surface area contributed by atoms with Gasteiger partial charge in [-0.25, -0.2) is 0 Å². The molecule has 0 atom stereocenters. The zero-order valence-electron chi connectivity index (χ0n) is 16.3. The van der Waals surface area contributed by atoms with Crippen LogP contribution in [0, 0.1) is 6.92 Å². The number of carbonyl (C=O) groups is 2. The van der Waals surface area contributed by atoms with E-state index in [1.807, 2.05) is 37.3 Å². The molecule has 0 aliphatic carbocycles. The average Bonchev–Trinajstić information content (AvgIpc) is 3.04. The van der Waals surface area contributed by atoms with E-state index in [2.05, 4.69) is 25.2 Å². The molecule has 5 nitrogen and oxygen atoms in total. The highest BCUT2D eigenvalue weighted by atomic mass is 16.5. The highest BCUT2D eigenvalue weighted by Crippen LogP contribution is 2.30. The van der Waals surface area contributed by atoms with Crippen LogP contribution in [0.3, 0.4) is 0 Å². The first-order valence-electron chi connectivity index (χ1n) is 9.29. The van der Waals surface area contributed by atoms with Gasteiger partial charge in [-0.2, -0.15) is 0 Å². The van der Waals surface area contributed by atoms with Gasteiger partial charge in [0, 0.05) is 24.8 Å². The number of amides is 2. The number of fused-ring (bicyclic) bond motifs is 1. The topological polar surface area (TPSA) is 58.6 Å². The molecule has 1 N–H and O–H groups in total. The summed E-state index contributed by atoms with van der Waals surface area (Å²) < 4.78 is 5.74. The Morgan fingerprint density at radius 2 is 1.96 bits per heavy atom. The molecule has 0 saturated carbocycles. The second-order valence-electron chi connectivity index (χ2n) is 7.28. The van der Waals surface area contributed by atoms with Crippen molar-refractivity contribution < 1.29 is 14.3 Å². The molecule has 0 bridgehead atoms. The molecule has 0 spiro atoms. The SMILES string of the molecule is CC(=O)N1CCc2cc(NC(=O)COc3cc(C(C)C)ccc3C)ccc21. The van der Waals surface area contributed by atoms with Gasteiger partial charge < -0.3 is 15.0 Å². The second-order valence-corrected chi connectivity index (χ2v) is 7.28. The first kappa shape index (κ1) is 19.0. The summed E-state index contributed by atoms with van der Waals surface area (Å²) in [5.74, 6) is 0.980. The Morgan fingerprint density at radius 1 is 1.19 bits per heavy atom. The normalized spacial score (nSPS) is 12.9. The zero-order chi connectivity index (χ0) is 19.6. The Bertz CT molecular complexity index is 874. The van der Waals surface area contributed by atoms with Gasteiger partial charge in [0.25, 0.3) is 5.91 Å². The number of nitrogens with zero attached hydrogens (tertiary/aromatic N) is 1. The lowest BCUT2D eigenvalue weighted by Crippen LogP contribution is -2.25. The van der Waals surface area contributed by atoms with Gasteiger partial charge in [0.1, 0.15) is 5.75 Å². The van der Waals surface area contributed by atoms with Crippen molar-refractivity contribution in [3.63, 3.8) is 0 Å². The van der Waals surface area contributed by atoms with Crippen LogP contribution in [-0.4, -0.2) is 25.0 Å². The summed E-state index contributed by atoms with van der Waals surface area (Å²) in [6.07, 6.45) is 0.802. The number of anilines is 2. The van der Waals surface area contributed by atoms with Gasteiger partial charge in [-0.15, -0.1) is 0 Å². The van der Waals surface area contributed by atoms with E-state index in [9.17, 15) is 9.59 Å². The summed E-state index contributed by atoms with van der Waals surface area (Å²) in [4.78, 5) is 25.7. The second kappa shape index (κ2) is 7.82. The summed E-state index contributed by atoms with van der Waals surface area (Å²) >= 11 is 0. The fraction of sp³-hybridized carbons (Fsp3) is 0.364. The molecule has 5 heteroatoms. The number of carbonyl (C=O) groups excluding carboxylic acids is 2. The zero-order valence-corrected chi connectivity index (χ0v) is 16.3. The van der Waals surface area contributed by atoms with Gasteiger partial charge in [0.2, 0.25) is 5.91 Å². The maximum atomic E-state index is 12.3. The minimum absolute atomic E-state index is 0.0398. The molecule has 27 heavy (non-hydrogen) atoms. The van der Waals surface area contributed by atoms with Gasteiger partial charge in [0.05, 0.1) is 0 Å². The lowest BCUT2D eigenvalue weighted by atomic mass is 10.0. The molecule has 0 radical (unpaired) electrons. The molecule has 2 aromatic rings. The predicted molar refractivity (Wildman–Crippen MR) is 108 cm³/mol. The van der Waals surface area contributed by atoms with E-state index in [-0.39, 0.29) is 18.4 Å². The monoisotopic (exact) mass is 366 g/mol. The lowest BCUT2D eigenvalue weighted by molar-refractivity contribution is -0.118. The lowest BCUT2D eigenvalue weighted by Gasteiger charge is -2.15. The number of hydrogen-bond donors (Lipinski definition) is 1. The first-order valence-corrected chi connectivity index (χ1v) is 9.29. The van der Waals surface area contributed by atoms with E-state index >= 15 is 0 Å². The fourth-order valence-corrected chi connectivity index (χ4v) is 3.28. The summed E-state index contributed by atoms with van der Waals surface area (Å²) in [7, 11) is 0. The molecule has 0 aromatic heterocycles. The molecular weight excluding hydrogens is 340 g/mol. The van der Waals surface area contributed by atoms with Crippen LogP contribution >= 0.6 is 0 Å². The van der Waals surface area contributed by atoms with Crippen LogP contribution in [0.2, 0.25) is 0 Å². The van der Waals surface area contributed by atoms with Crippen LogP contribution in [0.25, 0.3) is 0 Å². The largest absolute Gasteiger partial charge is 0.483 e. The Labute approximate surface area is 160 Å². The number of aryl methyl sites for hydroxylation is 1. The summed E-state index contributed by atoms with van der Waals surface area (Å²) in [6.45, 7) is 8.44. The average molecular weight is 366 g/mol. The minimum atomic E-state index is -0.203. The first-order chi connectivity index (χ1) is 12.8. The number of ether oxygens (including phenoxy) is 1. The van der Waals surface area contributed by atoms with E-state index < -0.39 is 0 Å². The third-order valence-corrected chi connectivity index (χ3v) is 4.88. The Kier molecular flexibility index (Phi) is 5.49. The standard InChI is InChI=1S/C22H26N2O3/c1-14(2)17-6-5-15(3)21(12-17)27-13-22(26)23-19-7-8-20-18(11-19)9-10-24(20)16(4)25/h5-8,11-12,14H,9-10,13H2,1-4H3,(H,23,26). The van der Waals surface area contributed by atoms with Crippen LogP contribution < -0.4 is 15.0 Å². The number of benzene rings is 2. The number of nitrogens with one attached hydrogen (secondary N) is 1. The van der Waals surface area contributed by atoms with Crippen molar-refractivity contribution in [1.29, 1.82) is 0 Å². The van der Waals surface area contributed by atoms with Crippen molar-refractivity contribution in [3.8, 4) is 5.75 Å². The quantitative estimate of drug-likeness (QED) is 0.869. The number of rotatable bonds is 5. The molecule has 142 valence electrons. The molecule has 0 fully saturated rings. The highest BCUT2D eigenvalue weighted by Gasteiger charge is 2.22. The third-order valence-electron chi connectivity index (χ3n) is 4.88. The molecule has 1 aliphatic heterocycles.